The van der Waals surface area contributed by atoms with Gasteiger partial charge in [0, 0.05) is 42.9 Å². The molecule has 2 bridgehead atoms. The van der Waals surface area contributed by atoms with Crippen LogP contribution in [-0.4, -0.2) is 53.6 Å². The van der Waals surface area contributed by atoms with Gasteiger partial charge in [0.05, 0.1) is 12.8 Å². The number of aryl methyl sites for hydroxylation is 1. The minimum Gasteiger partial charge on any atom is -0.497 e. The van der Waals surface area contributed by atoms with Crippen LogP contribution in [0.1, 0.15) is 68.2 Å². The molecule has 33 heavy (non-hydrogen) atoms. The van der Waals surface area contributed by atoms with Gasteiger partial charge in [-0.1, -0.05) is 19.3 Å². The molecule has 1 aliphatic carbocycles. The predicted octanol–water partition coefficient (Wildman–Crippen LogP) is 4.90. The van der Waals surface area contributed by atoms with E-state index in [-0.39, 0.29) is 0 Å². The zero-order chi connectivity index (χ0) is 22.8. The molecule has 1 saturated carbocycles. The van der Waals surface area contributed by atoms with Crippen molar-refractivity contribution in [3.8, 4) is 5.75 Å². The van der Waals surface area contributed by atoms with Gasteiger partial charge in [-0.15, -0.1) is 0 Å². The number of anilines is 1. The maximum Gasteiger partial charge on any atom is 0.411 e. The van der Waals surface area contributed by atoms with E-state index in [1.807, 2.05) is 24.3 Å². The van der Waals surface area contributed by atoms with E-state index >= 15 is 0 Å². The van der Waals surface area contributed by atoms with E-state index in [0.717, 1.165) is 25.3 Å². The van der Waals surface area contributed by atoms with Crippen LogP contribution in [0.4, 0.5) is 10.5 Å². The average molecular weight is 453 g/mol. The summed E-state index contributed by atoms with van der Waals surface area (Å²) in [6.45, 7) is 2.55. The lowest BCUT2D eigenvalue weighted by molar-refractivity contribution is -0.00222. The minimum absolute atomic E-state index is 0.299. The second kappa shape index (κ2) is 9.75. The lowest BCUT2D eigenvalue weighted by Crippen LogP contribution is -2.54. The molecule has 4 unspecified atom stereocenters. The summed E-state index contributed by atoms with van der Waals surface area (Å²) >= 11 is 0. The van der Waals surface area contributed by atoms with Gasteiger partial charge in [0.25, 0.3) is 0 Å². The average Bonchev–Trinajstić information content (AvgIpc) is 3.25. The summed E-state index contributed by atoms with van der Waals surface area (Å²) in [5.41, 5.74) is 3.40. The summed E-state index contributed by atoms with van der Waals surface area (Å²) in [6, 6.07) is 9.96. The van der Waals surface area contributed by atoms with Gasteiger partial charge in [-0.2, -0.15) is 5.10 Å². The largest absolute Gasteiger partial charge is 0.497 e. The highest BCUT2D eigenvalue weighted by molar-refractivity contribution is 5.84. The highest BCUT2D eigenvalue weighted by Crippen LogP contribution is 2.43. The van der Waals surface area contributed by atoms with Gasteiger partial charge in [0.15, 0.2) is 0 Å². The van der Waals surface area contributed by atoms with Crippen LogP contribution in [0.3, 0.4) is 0 Å². The molecule has 0 radical (unpaired) electrons. The number of rotatable bonds is 6. The first-order valence-electron chi connectivity index (χ1n) is 12.5. The Balaban J connectivity index is 1.16. The second-order valence-electron chi connectivity index (χ2n) is 9.94. The third kappa shape index (κ3) is 4.88. The number of nitrogens with zero attached hydrogens (tertiary/aromatic N) is 3. The molecule has 1 N–H and O–H groups in total. The van der Waals surface area contributed by atoms with Gasteiger partial charge in [0.2, 0.25) is 0 Å². The molecular formula is C26H36N4O3. The van der Waals surface area contributed by atoms with E-state index in [0.29, 0.717) is 36.1 Å². The van der Waals surface area contributed by atoms with E-state index in [2.05, 4.69) is 28.0 Å². The molecule has 6 rings (SSSR count). The van der Waals surface area contributed by atoms with Gasteiger partial charge in [-0.25, -0.2) is 4.79 Å². The molecule has 2 aromatic rings. The van der Waals surface area contributed by atoms with Gasteiger partial charge >= 0.3 is 6.09 Å². The molecule has 4 aliphatic rings. The molecule has 0 spiro atoms. The van der Waals surface area contributed by atoms with Crippen LogP contribution >= 0.6 is 0 Å². The Hall–Kier alpha value is -2.54. The highest BCUT2D eigenvalue weighted by Gasteiger charge is 2.42. The lowest BCUT2D eigenvalue weighted by Gasteiger charge is -2.49. The summed E-state index contributed by atoms with van der Waals surface area (Å²) in [5.74, 6) is 2.56. The zero-order valence-electron chi connectivity index (χ0n) is 19.8. The monoisotopic (exact) mass is 452 g/mol. The van der Waals surface area contributed by atoms with Crippen LogP contribution in [0.25, 0.3) is 0 Å². The fourth-order valence-electron chi connectivity index (χ4n) is 6.10. The van der Waals surface area contributed by atoms with E-state index in [4.69, 9.17) is 14.6 Å². The van der Waals surface area contributed by atoms with Crippen LogP contribution in [0.2, 0.25) is 0 Å². The van der Waals surface area contributed by atoms with Gasteiger partial charge in [0.1, 0.15) is 12.4 Å². The summed E-state index contributed by atoms with van der Waals surface area (Å²) < 4.78 is 12.9. The maximum absolute atomic E-state index is 12.3. The third-order valence-corrected chi connectivity index (χ3v) is 7.96. The summed E-state index contributed by atoms with van der Waals surface area (Å²) in [4.78, 5) is 14.8. The summed E-state index contributed by atoms with van der Waals surface area (Å²) in [7, 11) is 3.74. The fourth-order valence-corrected chi connectivity index (χ4v) is 6.10. The summed E-state index contributed by atoms with van der Waals surface area (Å²) in [6.07, 6.45) is 8.51. The molecule has 3 saturated heterocycles. The minimum atomic E-state index is -0.400. The first-order chi connectivity index (χ1) is 16.1. The van der Waals surface area contributed by atoms with Gasteiger partial charge < -0.3 is 9.47 Å². The number of nitrogens with one attached hydrogen (secondary N) is 1. The van der Waals surface area contributed by atoms with Gasteiger partial charge in [-0.3, -0.25) is 14.9 Å². The van der Waals surface area contributed by atoms with Crippen LogP contribution < -0.4 is 10.1 Å². The summed E-state index contributed by atoms with van der Waals surface area (Å²) in [5, 5.41) is 7.74. The van der Waals surface area contributed by atoms with Crippen molar-refractivity contribution < 1.29 is 14.3 Å². The molecule has 4 heterocycles. The number of carbonyl (C=O) groups excluding carboxylic acids is 1. The highest BCUT2D eigenvalue weighted by atomic mass is 16.5. The predicted molar refractivity (Wildman–Crippen MR) is 128 cm³/mol. The smallest absolute Gasteiger partial charge is 0.411 e. The van der Waals surface area contributed by atoms with Crippen molar-refractivity contribution in [3.05, 3.63) is 41.7 Å². The molecule has 4 fully saturated rings. The Labute approximate surface area is 196 Å². The van der Waals surface area contributed by atoms with Crippen molar-refractivity contribution in [1.29, 1.82) is 0 Å². The second-order valence-corrected chi connectivity index (χ2v) is 9.94. The quantitative estimate of drug-likeness (QED) is 0.675. The zero-order valence-corrected chi connectivity index (χ0v) is 19.8. The number of hydrogen-bond donors (Lipinski definition) is 1. The van der Waals surface area contributed by atoms with E-state index in [9.17, 15) is 4.79 Å². The number of aromatic nitrogens is 2. The molecule has 178 valence electrons. The van der Waals surface area contributed by atoms with E-state index in [1.54, 1.807) is 7.11 Å². The SMILES string of the molecule is COc1ccc(NC(=O)OCC2CC3CCN2CC3c2cc(C3CCCCC3)nn2C)cc1. The van der Waals surface area contributed by atoms with Crippen LogP contribution in [-0.2, 0) is 11.8 Å². The number of amides is 1. The van der Waals surface area contributed by atoms with Crippen molar-refractivity contribution in [3.63, 3.8) is 0 Å². The molecule has 7 nitrogen and oxygen atoms in total. The number of hydrogen-bond acceptors (Lipinski definition) is 5. The number of fused-ring (bicyclic) bond motifs is 3. The Morgan fingerprint density at radius 2 is 1.94 bits per heavy atom. The van der Waals surface area contributed by atoms with Crippen LogP contribution in [0.15, 0.2) is 30.3 Å². The Morgan fingerprint density at radius 1 is 1.15 bits per heavy atom. The van der Waals surface area contributed by atoms with Crippen molar-refractivity contribution in [2.75, 3.05) is 32.1 Å². The maximum atomic E-state index is 12.3. The number of carbonyl (C=O) groups is 1. The number of benzene rings is 1. The molecule has 3 aliphatic heterocycles. The molecule has 4 atom stereocenters. The Kier molecular flexibility index (Phi) is 6.58. The van der Waals surface area contributed by atoms with Crippen molar-refractivity contribution in [2.45, 2.75) is 62.8 Å². The number of methoxy groups -OCH3 is 1. The standard InChI is InChI=1S/C26H36N4O3/c1-29-25(15-24(28-29)18-6-4-3-5-7-18)23-16-30-13-12-19(23)14-21(30)17-33-26(31)27-20-8-10-22(32-2)11-9-20/h8-11,15,18-19,21,23H,3-7,12-14,16-17H2,1-2H3,(H,27,31). The molecule has 7 heteroatoms. The number of piperidine rings is 3. The van der Waals surface area contributed by atoms with Crippen molar-refractivity contribution >= 4 is 11.8 Å². The molecule has 1 aromatic carbocycles. The molecular weight excluding hydrogens is 416 g/mol. The fraction of sp³-hybridized carbons (Fsp3) is 0.615. The van der Waals surface area contributed by atoms with Gasteiger partial charge in [-0.05, 0) is 68.5 Å². The Bertz CT molecular complexity index is 951. The van der Waals surface area contributed by atoms with Crippen LogP contribution in [0.5, 0.6) is 5.75 Å². The first-order valence-corrected chi connectivity index (χ1v) is 12.5. The number of ether oxygens (including phenoxy) is 2. The van der Waals surface area contributed by atoms with Crippen LogP contribution in [0, 0.1) is 5.92 Å². The van der Waals surface area contributed by atoms with E-state index in [1.165, 1.54) is 49.9 Å². The third-order valence-electron chi connectivity index (χ3n) is 7.96. The van der Waals surface area contributed by atoms with E-state index < -0.39 is 6.09 Å². The lowest BCUT2D eigenvalue weighted by atomic mass is 9.74. The molecule has 1 aromatic heterocycles. The van der Waals surface area contributed by atoms with Crippen molar-refractivity contribution in [1.82, 2.24) is 14.7 Å². The molecule has 1 amide bonds. The first kappa shape index (κ1) is 22.3. The topological polar surface area (TPSA) is 68.6 Å². The Morgan fingerprint density at radius 3 is 2.64 bits per heavy atom. The normalized spacial score (nSPS) is 27.3. The van der Waals surface area contributed by atoms with Crippen molar-refractivity contribution in [2.24, 2.45) is 13.0 Å².